The molecule has 0 fully saturated rings. The minimum Gasteiger partial charge on any atom is -0.298 e. The van der Waals surface area contributed by atoms with Gasteiger partial charge in [0.25, 0.3) is 0 Å². The normalized spacial score (nSPS) is 10.7. The zero-order valence-electron chi connectivity index (χ0n) is 9.38. The number of aromatic nitrogens is 2. The van der Waals surface area contributed by atoms with E-state index in [2.05, 4.69) is 4.98 Å². The molecular weight excluding hydrogens is 248 g/mol. The van der Waals surface area contributed by atoms with E-state index in [1.165, 1.54) is 0 Å². The maximum Gasteiger partial charge on any atom is 0.152 e. The molecule has 0 saturated carbocycles. The van der Waals surface area contributed by atoms with E-state index in [1.54, 1.807) is 24.5 Å². The highest BCUT2D eigenvalue weighted by atomic mass is 35.5. The number of hydrogen-bond donors (Lipinski definition) is 0. The van der Waals surface area contributed by atoms with E-state index in [1.807, 2.05) is 28.8 Å². The molecule has 0 aliphatic carbocycles. The van der Waals surface area contributed by atoms with Gasteiger partial charge in [0.15, 0.2) is 6.29 Å². The number of hydrogen-bond acceptors (Lipinski definition) is 2. The van der Waals surface area contributed by atoms with Gasteiger partial charge >= 0.3 is 0 Å². The first-order chi connectivity index (χ1) is 8.81. The third kappa shape index (κ3) is 1.60. The first-order valence-corrected chi connectivity index (χ1v) is 5.85. The summed E-state index contributed by atoms with van der Waals surface area (Å²) in [5.74, 6) is 0. The number of para-hydroxylation sites is 3. The Morgan fingerprint density at radius 1 is 1.11 bits per heavy atom. The third-order valence-corrected chi connectivity index (χ3v) is 3.14. The van der Waals surface area contributed by atoms with E-state index >= 15 is 0 Å². The zero-order chi connectivity index (χ0) is 12.5. The lowest BCUT2D eigenvalue weighted by Crippen LogP contribution is -1.98. The van der Waals surface area contributed by atoms with Gasteiger partial charge in [-0.1, -0.05) is 29.8 Å². The van der Waals surface area contributed by atoms with Crippen LogP contribution in [0.25, 0.3) is 16.7 Å². The Hall–Kier alpha value is -2.13. The Morgan fingerprint density at radius 3 is 2.78 bits per heavy atom. The van der Waals surface area contributed by atoms with E-state index in [-0.39, 0.29) is 0 Å². The largest absolute Gasteiger partial charge is 0.298 e. The number of carbonyl (C=O) groups excluding carboxylic acids is 1. The van der Waals surface area contributed by atoms with Crippen LogP contribution >= 0.6 is 11.6 Å². The minimum atomic E-state index is 0.530. The molecule has 1 heterocycles. The fourth-order valence-electron chi connectivity index (χ4n) is 2.02. The number of benzene rings is 2. The van der Waals surface area contributed by atoms with Crippen molar-refractivity contribution in [2.24, 2.45) is 0 Å². The highest BCUT2D eigenvalue weighted by Gasteiger charge is 2.11. The maximum absolute atomic E-state index is 11.1. The Kier molecular flexibility index (Phi) is 2.61. The second-order valence-electron chi connectivity index (χ2n) is 3.90. The quantitative estimate of drug-likeness (QED) is 0.658. The molecule has 0 spiro atoms. The van der Waals surface area contributed by atoms with Gasteiger partial charge in [-0.3, -0.25) is 9.36 Å². The second kappa shape index (κ2) is 4.27. The minimum absolute atomic E-state index is 0.530. The summed E-state index contributed by atoms with van der Waals surface area (Å²) in [6.07, 6.45) is 2.48. The smallest absolute Gasteiger partial charge is 0.152 e. The van der Waals surface area contributed by atoms with Crippen LogP contribution in [0.2, 0.25) is 5.02 Å². The SMILES string of the molecule is O=Cc1cccc(Cl)c1-n1cnc2ccccc21. The number of halogens is 1. The topological polar surface area (TPSA) is 34.9 Å². The predicted molar refractivity (Wildman–Crippen MR) is 71.5 cm³/mol. The monoisotopic (exact) mass is 256 g/mol. The van der Waals surface area contributed by atoms with Gasteiger partial charge in [-0.15, -0.1) is 0 Å². The van der Waals surface area contributed by atoms with Gasteiger partial charge < -0.3 is 0 Å². The molecule has 0 unspecified atom stereocenters. The summed E-state index contributed by atoms with van der Waals surface area (Å²) in [6.45, 7) is 0. The van der Waals surface area contributed by atoms with Crippen LogP contribution in [-0.4, -0.2) is 15.8 Å². The van der Waals surface area contributed by atoms with Crippen LogP contribution in [0.4, 0.5) is 0 Å². The van der Waals surface area contributed by atoms with Crippen molar-refractivity contribution in [3.05, 3.63) is 59.4 Å². The summed E-state index contributed by atoms with van der Waals surface area (Å²) in [4.78, 5) is 15.4. The summed E-state index contributed by atoms with van der Waals surface area (Å²) < 4.78 is 1.83. The van der Waals surface area contributed by atoms with Crippen LogP contribution in [0.15, 0.2) is 48.8 Å². The van der Waals surface area contributed by atoms with E-state index < -0.39 is 0 Å². The van der Waals surface area contributed by atoms with Crippen LogP contribution in [0.3, 0.4) is 0 Å². The number of aldehydes is 1. The van der Waals surface area contributed by atoms with Crippen molar-refractivity contribution < 1.29 is 4.79 Å². The van der Waals surface area contributed by atoms with Gasteiger partial charge in [0.1, 0.15) is 6.33 Å². The Balaban J connectivity index is 2.36. The number of imidazole rings is 1. The van der Waals surface area contributed by atoms with Crippen molar-refractivity contribution in [3.63, 3.8) is 0 Å². The first kappa shape index (κ1) is 11.0. The second-order valence-corrected chi connectivity index (χ2v) is 4.31. The van der Waals surface area contributed by atoms with Gasteiger partial charge in [0.05, 0.1) is 21.7 Å². The first-order valence-electron chi connectivity index (χ1n) is 5.47. The molecule has 2 aromatic carbocycles. The molecule has 0 saturated heterocycles. The van der Waals surface area contributed by atoms with Crippen molar-refractivity contribution >= 4 is 28.9 Å². The fraction of sp³-hybridized carbons (Fsp3) is 0. The molecule has 1 aromatic heterocycles. The summed E-state index contributed by atoms with van der Waals surface area (Å²) in [6, 6.07) is 13.0. The standard InChI is InChI=1S/C14H9ClN2O/c15-11-5-3-4-10(8-18)14(11)17-9-16-12-6-1-2-7-13(12)17/h1-9H. The van der Waals surface area contributed by atoms with E-state index in [0.29, 0.717) is 16.3 Å². The Labute approximate surface area is 109 Å². The average molecular weight is 257 g/mol. The van der Waals surface area contributed by atoms with Crippen molar-refractivity contribution in [1.29, 1.82) is 0 Å². The Bertz CT molecular complexity index is 733. The van der Waals surface area contributed by atoms with Gasteiger partial charge in [0.2, 0.25) is 0 Å². The molecule has 18 heavy (non-hydrogen) atoms. The molecule has 0 radical (unpaired) electrons. The summed E-state index contributed by atoms with van der Waals surface area (Å²) >= 11 is 6.19. The Morgan fingerprint density at radius 2 is 1.94 bits per heavy atom. The molecular formula is C14H9ClN2O. The van der Waals surface area contributed by atoms with Crippen molar-refractivity contribution in [2.45, 2.75) is 0 Å². The van der Waals surface area contributed by atoms with E-state index in [4.69, 9.17) is 11.6 Å². The van der Waals surface area contributed by atoms with E-state index in [9.17, 15) is 4.79 Å². The summed E-state index contributed by atoms with van der Waals surface area (Å²) in [5, 5.41) is 0.530. The highest BCUT2D eigenvalue weighted by molar-refractivity contribution is 6.33. The molecule has 0 N–H and O–H groups in total. The van der Waals surface area contributed by atoms with Crippen LogP contribution in [0.1, 0.15) is 10.4 Å². The van der Waals surface area contributed by atoms with Gasteiger partial charge in [-0.05, 0) is 24.3 Å². The lowest BCUT2D eigenvalue weighted by molar-refractivity contribution is 0.112. The summed E-state index contributed by atoms with van der Waals surface area (Å²) in [7, 11) is 0. The highest BCUT2D eigenvalue weighted by Crippen LogP contribution is 2.26. The third-order valence-electron chi connectivity index (χ3n) is 2.84. The van der Waals surface area contributed by atoms with Gasteiger partial charge in [0, 0.05) is 5.56 Å². The molecule has 0 aliphatic rings. The molecule has 0 amide bonds. The van der Waals surface area contributed by atoms with Gasteiger partial charge in [-0.25, -0.2) is 4.98 Å². The summed E-state index contributed by atoms with van der Waals surface area (Å²) in [5.41, 5.74) is 3.01. The van der Waals surface area contributed by atoms with Crippen LogP contribution in [0.5, 0.6) is 0 Å². The van der Waals surface area contributed by atoms with Crippen molar-refractivity contribution in [3.8, 4) is 5.69 Å². The van der Waals surface area contributed by atoms with E-state index in [0.717, 1.165) is 17.3 Å². The molecule has 3 nitrogen and oxygen atoms in total. The number of fused-ring (bicyclic) bond motifs is 1. The molecule has 88 valence electrons. The lowest BCUT2D eigenvalue weighted by Gasteiger charge is -2.09. The van der Waals surface area contributed by atoms with Crippen LogP contribution < -0.4 is 0 Å². The zero-order valence-corrected chi connectivity index (χ0v) is 10.1. The molecule has 0 aliphatic heterocycles. The number of rotatable bonds is 2. The van der Waals surface area contributed by atoms with Crippen LogP contribution in [0, 0.1) is 0 Å². The fourth-order valence-corrected chi connectivity index (χ4v) is 2.29. The van der Waals surface area contributed by atoms with Gasteiger partial charge in [-0.2, -0.15) is 0 Å². The molecule has 0 bridgehead atoms. The lowest BCUT2D eigenvalue weighted by atomic mass is 10.2. The van der Waals surface area contributed by atoms with Crippen molar-refractivity contribution in [2.75, 3.05) is 0 Å². The average Bonchev–Trinajstić information content (AvgIpc) is 2.82. The maximum atomic E-state index is 11.1. The molecule has 4 heteroatoms. The molecule has 3 rings (SSSR count). The molecule has 3 aromatic rings. The molecule has 0 atom stereocenters. The van der Waals surface area contributed by atoms with Crippen molar-refractivity contribution in [1.82, 2.24) is 9.55 Å². The number of nitrogens with zero attached hydrogens (tertiary/aromatic N) is 2. The van der Waals surface area contributed by atoms with Crippen LogP contribution in [-0.2, 0) is 0 Å². The number of carbonyl (C=O) groups is 1. The predicted octanol–water partition coefficient (Wildman–Crippen LogP) is 3.49.